The van der Waals surface area contributed by atoms with E-state index < -0.39 is 22.7 Å². The molecule has 7 heteroatoms. The van der Waals surface area contributed by atoms with Crippen LogP contribution in [0, 0.1) is 15.9 Å². The fourth-order valence-electron chi connectivity index (χ4n) is 1.13. The first kappa shape index (κ1) is 11.9. The van der Waals surface area contributed by atoms with Gasteiger partial charge in [-0.1, -0.05) is 6.07 Å². The van der Waals surface area contributed by atoms with Crippen molar-refractivity contribution >= 4 is 11.7 Å². The molecule has 1 unspecified atom stereocenters. The number of hydrogen-bond acceptors (Lipinski definition) is 3. The zero-order chi connectivity index (χ0) is 12.3. The number of carboxylic acids is 1. The van der Waals surface area contributed by atoms with Crippen LogP contribution in [0.3, 0.4) is 0 Å². The molecule has 0 saturated carbocycles. The van der Waals surface area contributed by atoms with E-state index in [0.29, 0.717) is 0 Å². The van der Waals surface area contributed by atoms with E-state index in [-0.39, 0.29) is 11.3 Å². The minimum atomic E-state index is -1.09. The first-order valence-electron chi connectivity index (χ1n) is 4.35. The number of aliphatic carboxylic acids is 1. The van der Waals surface area contributed by atoms with Gasteiger partial charge in [0.1, 0.15) is 5.69 Å². The van der Waals surface area contributed by atoms with Gasteiger partial charge in [0.05, 0.1) is 5.92 Å². The van der Waals surface area contributed by atoms with Crippen LogP contribution in [0.1, 0.15) is 18.4 Å². The Bertz CT molecular complexity index is 436. The van der Waals surface area contributed by atoms with Gasteiger partial charge in [-0.05, 0) is 24.6 Å². The van der Waals surface area contributed by atoms with Crippen LogP contribution in [-0.4, -0.2) is 16.1 Å². The zero-order valence-electron chi connectivity index (χ0n) is 8.31. The molecule has 2 N–H and O–H groups in total. The molecule has 0 heterocycles. The summed E-state index contributed by atoms with van der Waals surface area (Å²) in [5.41, 5.74) is 1.62. The number of rotatable bonds is 4. The molecular formula is C9H9FN2O4. The molecule has 0 spiro atoms. The van der Waals surface area contributed by atoms with Crippen molar-refractivity contribution in [2.45, 2.75) is 12.8 Å². The second kappa shape index (κ2) is 4.56. The first-order valence-corrected chi connectivity index (χ1v) is 4.35. The molecule has 0 radical (unpaired) electrons. The number of anilines is 1. The summed E-state index contributed by atoms with van der Waals surface area (Å²) in [6, 6.07) is 3.42. The summed E-state index contributed by atoms with van der Waals surface area (Å²) in [4.78, 5) is 20.7. The topological polar surface area (TPSA) is 92.5 Å². The molecule has 0 amide bonds. The van der Waals surface area contributed by atoms with E-state index in [1.165, 1.54) is 13.0 Å². The normalized spacial score (nSPS) is 11.9. The van der Waals surface area contributed by atoms with Gasteiger partial charge in [0, 0.05) is 0 Å². The van der Waals surface area contributed by atoms with Gasteiger partial charge < -0.3 is 5.11 Å². The number of nitrogens with zero attached hydrogens (tertiary/aromatic N) is 1. The van der Waals surface area contributed by atoms with Crippen molar-refractivity contribution in [3.8, 4) is 0 Å². The van der Waals surface area contributed by atoms with Crippen LogP contribution >= 0.6 is 0 Å². The molecule has 0 aromatic heterocycles. The lowest BCUT2D eigenvalue weighted by Gasteiger charge is -2.07. The maximum atomic E-state index is 13.3. The number of carboxylic acid groups (broad SMARTS) is 1. The van der Waals surface area contributed by atoms with E-state index in [1.807, 2.05) is 0 Å². The average molecular weight is 228 g/mol. The predicted octanol–water partition coefficient (Wildman–Crippen LogP) is 1.62. The number of carbonyl (C=O) groups is 1. The number of nitrogens with one attached hydrogen (secondary N) is 1. The van der Waals surface area contributed by atoms with E-state index in [2.05, 4.69) is 0 Å². The van der Waals surface area contributed by atoms with Gasteiger partial charge in [0.25, 0.3) is 0 Å². The maximum absolute atomic E-state index is 13.3. The zero-order valence-corrected chi connectivity index (χ0v) is 8.31. The van der Waals surface area contributed by atoms with Crippen LogP contribution in [0.25, 0.3) is 0 Å². The standard InChI is InChI=1S/C9H9FN2O4/c1-5(9(13)14)6-2-3-8(7(10)4-6)11-12(15)16/h2-5,11H,1H3,(H,13,14). The van der Waals surface area contributed by atoms with Crippen molar-refractivity contribution < 1.29 is 19.3 Å². The Hall–Kier alpha value is -2.18. The van der Waals surface area contributed by atoms with E-state index in [9.17, 15) is 19.3 Å². The Labute approximate surface area is 89.8 Å². The second-order valence-corrected chi connectivity index (χ2v) is 3.17. The molecule has 0 fully saturated rings. The third-order valence-electron chi connectivity index (χ3n) is 2.08. The Balaban J connectivity index is 2.99. The number of hydrazine groups is 1. The SMILES string of the molecule is CC(C(=O)O)c1ccc(N[N+](=O)[O-])c(F)c1. The molecule has 1 aromatic carbocycles. The Kier molecular flexibility index (Phi) is 3.39. The van der Waals surface area contributed by atoms with Crippen molar-refractivity contribution in [2.75, 3.05) is 5.43 Å². The van der Waals surface area contributed by atoms with Crippen molar-refractivity contribution in [3.63, 3.8) is 0 Å². The van der Waals surface area contributed by atoms with Crippen LogP contribution < -0.4 is 5.43 Å². The largest absolute Gasteiger partial charge is 0.481 e. The maximum Gasteiger partial charge on any atom is 0.310 e. The monoisotopic (exact) mass is 228 g/mol. The van der Waals surface area contributed by atoms with Gasteiger partial charge in [-0.25, -0.2) is 14.5 Å². The van der Waals surface area contributed by atoms with Crippen LogP contribution in [0.4, 0.5) is 10.1 Å². The fraction of sp³-hybridized carbons (Fsp3) is 0.222. The fourth-order valence-corrected chi connectivity index (χ4v) is 1.13. The summed E-state index contributed by atoms with van der Waals surface area (Å²) in [6.07, 6.45) is 0. The van der Waals surface area contributed by atoms with Crippen molar-refractivity contribution in [3.05, 3.63) is 39.7 Å². The lowest BCUT2D eigenvalue weighted by Crippen LogP contribution is -2.11. The summed E-state index contributed by atoms with van der Waals surface area (Å²) < 4.78 is 13.3. The first-order chi connectivity index (χ1) is 7.41. The van der Waals surface area contributed by atoms with Gasteiger partial charge >= 0.3 is 5.97 Å². The highest BCUT2D eigenvalue weighted by Gasteiger charge is 2.16. The average Bonchev–Trinajstić information content (AvgIpc) is 2.19. The van der Waals surface area contributed by atoms with Crippen molar-refractivity contribution in [1.82, 2.24) is 0 Å². The summed E-state index contributed by atoms with van der Waals surface area (Å²) in [5.74, 6) is -2.81. The van der Waals surface area contributed by atoms with Gasteiger partial charge in [-0.15, -0.1) is 5.43 Å². The van der Waals surface area contributed by atoms with Crippen LogP contribution in [0.2, 0.25) is 0 Å². The van der Waals surface area contributed by atoms with E-state index in [0.717, 1.165) is 12.1 Å². The van der Waals surface area contributed by atoms with Crippen molar-refractivity contribution in [1.29, 1.82) is 0 Å². The molecule has 1 aromatic rings. The lowest BCUT2D eigenvalue weighted by atomic mass is 10.0. The molecular weight excluding hydrogens is 219 g/mol. The van der Waals surface area contributed by atoms with Gasteiger partial charge in [-0.3, -0.25) is 4.79 Å². The molecule has 0 aliphatic heterocycles. The third-order valence-corrected chi connectivity index (χ3v) is 2.08. The van der Waals surface area contributed by atoms with E-state index >= 15 is 0 Å². The van der Waals surface area contributed by atoms with E-state index in [1.54, 1.807) is 5.43 Å². The summed E-state index contributed by atoms with van der Waals surface area (Å²) >= 11 is 0. The van der Waals surface area contributed by atoms with Crippen LogP contribution in [0.5, 0.6) is 0 Å². The highest BCUT2D eigenvalue weighted by atomic mass is 19.1. The highest BCUT2D eigenvalue weighted by Crippen LogP contribution is 2.21. The predicted molar refractivity (Wildman–Crippen MR) is 53.1 cm³/mol. The third kappa shape index (κ3) is 2.66. The molecule has 1 rings (SSSR count). The van der Waals surface area contributed by atoms with E-state index in [4.69, 9.17) is 5.11 Å². The Morgan fingerprint density at radius 2 is 2.25 bits per heavy atom. The molecule has 0 aliphatic rings. The van der Waals surface area contributed by atoms with Gasteiger partial charge in [0.2, 0.25) is 0 Å². The summed E-state index contributed by atoms with van der Waals surface area (Å²) in [6.45, 7) is 1.40. The number of halogens is 1. The van der Waals surface area contributed by atoms with Crippen LogP contribution in [0.15, 0.2) is 18.2 Å². The highest BCUT2D eigenvalue weighted by molar-refractivity contribution is 5.75. The minimum Gasteiger partial charge on any atom is -0.481 e. The number of benzene rings is 1. The molecule has 0 saturated heterocycles. The smallest absolute Gasteiger partial charge is 0.310 e. The second-order valence-electron chi connectivity index (χ2n) is 3.17. The molecule has 0 bridgehead atoms. The Morgan fingerprint density at radius 1 is 1.62 bits per heavy atom. The van der Waals surface area contributed by atoms with Crippen LogP contribution in [-0.2, 0) is 4.79 Å². The molecule has 86 valence electrons. The minimum absolute atomic E-state index is 0.249. The molecule has 16 heavy (non-hydrogen) atoms. The van der Waals surface area contributed by atoms with Gasteiger partial charge in [-0.2, -0.15) is 0 Å². The van der Waals surface area contributed by atoms with Gasteiger partial charge in [0.15, 0.2) is 10.8 Å². The number of hydrogen-bond donors (Lipinski definition) is 2. The van der Waals surface area contributed by atoms with Crippen molar-refractivity contribution in [2.24, 2.45) is 0 Å². The Morgan fingerprint density at radius 3 is 2.69 bits per heavy atom. The summed E-state index contributed by atoms with van der Waals surface area (Å²) in [7, 11) is 0. The number of nitro groups is 1. The summed E-state index contributed by atoms with van der Waals surface area (Å²) in [5, 5.41) is 17.9. The lowest BCUT2D eigenvalue weighted by molar-refractivity contribution is -0.445. The molecule has 1 atom stereocenters. The quantitative estimate of drug-likeness (QED) is 0.603. The molecule has 6 nitrogen and oxygen atoms in total. The molecule has 0 aliphatic carbocycles.